The number of carbonyl (C=O) groups excluding carboxylic acids is 1. The molecule has 0 saturated carbocycles. The van der Waals surface area contributed by atoms with E-state index in [-0.39, 0.29) is 22.7 Å². The highest BCUT2D eigenvalue weighted by molar-refractivity contribution is 9.11. The maximum absolute atomic E-state index is 13.6. The summed E-state index contributed by atoms with van der Waals surface area (Å²) in [6, 6.07) is 15.3. The van der Waals surface area contributed by atoms with Crippen LogP contribution < -0.4 is 9.04 Å². The topological polar surface area (TPSA) is 72.9 Å². The number of methoxy groups -OCH3 is 2. The number of rotatable bonds is 7. The molecule has 0 aliphatic carbocycles. The molecule has 0 fully saturated rings. The third kappa shape index (κ3) is 4.47. The van der Waals surface area contributed by atoms with Crippen LogP contribution in [0.25, 0.3) is 0 Å². The van der Waals surface area contributed by atoms with Crippen LogP contribution >= 0.6 is 27.3 Å². The van der Waals surface area contributed by atoms with Gasteiger partial charge in [-0.3, -0.25) is 4.31 Å². The van der Waals surface area contributed by atoms with Crippen LogP contribution in [0.15, 0.2) is 68.7 Å². The molecule has 1 aromatic heterocycles. The van der Waals surface area contributed by atoms with Crippen LogP contribution in [-0.2, 0) is 21.3 Å². The average molecular weight is 496 g/mol. The van der Waals surface area contributed by atoms with Gasteiger partial charge in [-0.2, -0.15) is 0 Å². The van der Waals surface area contributed by atoms with Crippen LogP contribution in [-0.4, -0.2) is 28.6 Å². The molecule has 152 valence electrons. The van der Waals surface area contributed by atoms with Crippen LogP contribution in [0.5, 0.6) is 5.75 Å². The fourth-order valence-electron chi connectivity index (χ4n) is 2.72. The lowest BCUT2D eigenvalue weighted by atomic mass is 10.2. The summed E-state index contributed by atoms with van der Waals surface area (Å²) in [5.41, 5.74) is 1.21. The van der Waals surface area contributed by atoms with E-state index in [0.29, 0.717) is 9.54 Å². The molecule has 29 heavy (non-hydrogen) atoms. The van der Waals surface area contributed by atoms with Crippen LogP contribution in [0, 0.1) is 0 Å². The number of hydrogen-bond donors (Lipinski definition) is 0. The summed E-state index contributed by atoms with van der Waals surface area (Å²) in [5.74, 6) is -0.0598. The normalized spacial score (nSPS) is 11.1. The summed E-state index contributed by atoms with van der Waals surface area (Å²) < 4.78 is 38.8. The van der Waals surface area contributed by atoms with Crippen molar-refractivity contribution in [1.29, 1.82) is 0 Å². The highest BCUT2D eigenvalue weighted by Gasteiger charge is 2.32. The molecule has 3 aromatic rings. The number of anilines is 1. The Morgan fingerprint density at radius 3 is 2.31 bits per heavy atom. The molecule has 0 aliphatic rings. The molecule has 0 bridgehead atoms. The number of benzene rings is 2. The summed E-state index contributed by atoms with van der Waals surface area (Å²) in [6.45, 7) is 0.0501. The van der Waals surface area contributed by atoms with Crippen molar-refractivity contribution in [2.75, 3.05) is 18.5 Å². The number of ether oxygens (including phenoxy) is 2. The van der Waals surface area contributed by atoms with E-state index in [2.05, 4.69) is 15.9 Å². The first-order chi connectivity index (χ1) is 13.9. The molecule has 0 aliphatic heterocycles. The summed E-state index contributed by atoms with van der Waals surface area (Å²) >= 11 is 4.62. The minimum Gasteiger partial charge on any atom is -0.497 e. The summed E-state index contributed by atoms with van der Waals surface area (Å²) in [5, 5.41) is 1.58. The summed E-state index contributed by atoms with van der Waals surface area (Å²) in [7, 11) is -1.22. The molecule has 0 radical (unpaired) electrons. The third-order valence-electron chi connectivity index (χ3n) is 4.19. The SMILES string of the molecule is COC(=O)c1csc(Br)c1N(Cc1ccccc1)S(=O)(=O)c1ccc(OC)cc1. The number of esters is 1. The molecular formula is C20H18BrNO5S2. The van der Waals surface area contributed by atoms with Gasteiger partial charge in [0.1, 0.15) is 5.75 Å². The van der Waals surface area contributed by atoms with Gasteiger partial charge in [0.2, 0.25) is 0 Å². The second-order valence-electron chi connectivity index (χ2n) is 5.94. The molecular weight excluding hydrogens is 478 g/mol. The number of hydrogen-bond acceptors (Lipinski definition) is 6. The number of carbonyl (C=O) groups is 1. The largest absolute Gasteiger partial charge is 0.497 e. The molecule has 0 saturated heterocycles. The Balaban J connectivity index is 2.16. The van der Waals surface area contributed by atoms with Crippen molar-refractivity contribution in [3.8, 4) is 5.75 Å². The zero-order chi connectivity index (χ0) is 21.0. The molecule has 3 rings (SSSR count). The molecule has 6 nitrogen and oxygen atoms in total. The standard InChI is InChI=1S/C20H18BrNO5S2/c1-26-15-8-10-16(11-9-15)29(24,25)22(12-14-6-4-3-5-7-14)18-17(20(23)27-2)13-28-19(18)21/h3-11,13H,12H2,1-2H3. The van der Waals surface area contributed by atoms with Crippen molar-refractivity contribution in [3.63, 3.8) is 0 Å². The quantitative estimate of drug-likeness (QED) is 0.444. The third-order valence-corrected chi connectivity index (χ3v) is 7.64. The Hall–Kier alpha value is -2.36. The second-order valence-corrected chi connectivity index (χ2v) is 10.00. The van der Waals surface area contributed by atoms with Gasteiger partial charge in [0.05, 0.1) is 40.7 Å². The first-order valence-corrected chi connectivity index (χ1v) is 11.6. The van der Waals surface area contributed by atoms with Gasteiger partial charge >= 0.3 is 5.97 Å². The van der Waals surface area contributed by atoms with Crippen molar-refractivity contribution in [2.24, 2.45) is 0 Å². The van der Waals surface area contributed by atoms with Crippen LogP contribution in [0.4, 0.5) is 5.69 Å². The van der Waals surface area contributed by atoms with Gasteiger partial charge in [-0.25, -0.2) is 13.2 Å². The van der Waals surface area contributed by atoms with E-state index < -0.39 is 16.0 Å². The molecule has 0 unspecified atom stereocenters. The second kappa shape index (κ2) is 8.98. The molecule has 0 atom stereocenters. The molecule has 0 N–H and O–H groups in total. The molecule has 0 spiro atoms. The van der Waals surface area contributed by atoms with Crippen molar-refractivity contribution >= 4 is 48.9 Å². The summed E-state index contributed by atoms with van der Waals surface area (Å²) in [6.07, 6.45) is 0. The Morgan fingerprint density at radius 2 is 1.72 bits per heavy atom. The van der Waals surface area contributed by atoms with Crippen LogP contribution in [0.2, 0.25) is 0 Å². The lowest BCUT2D eigenvalue weighted by molar-refractivity contribution is 0.0602. The van der Waals surface area contributed by atoms with E-state index >= 15 is 0 Å². The Bertz CT molecular complexity index is 1100. The maximum Gasteiger partial charge on any atom is 0.340 e. The Kier molecular flexibility index (Phi) is 6.61. The first-order valence-electron chi connectivity index (χ1n) is 8.44. The lowest BCUT2D eigenvalue weighted by Gasteiger charge is -2.25. The maximum atomic E-state index is 13.6. The minimum absolute atomic E-state index is 0.0501. The zero-order valence-electron chi connectivity index (χ0n) is 15.7. The van der Waals surface area contributed by atoms with Gasteiger partial charge in [0, 0.05) is 5.38 Å². The smallest absolute Gasteiger partial charge is 0.340 e. The van der Waals surface area contributed by atoms with E-state index in [0.717, 1.165) is 5.56 Å². The van der Waals surface area contributed by atoms with Gasteiger partial charge in [0.25, 0.3) is 10.0 Å². The number of thiophene rings is 1. The van der Waals surface area contributed by atoms with Crippen LogP contribution in [0.3, 0.4) is 0 Å². The van der Waals surface area contributed by atoms with E-state index in [4.69, 9.17) is 9.47 Å². The van der Waals surface area contributed by atoms with Gasteiger partial charge in [0.15, 0.2) is 0 Å². The van der Waals surface area contributed by atoms with E-state index in [1.165, 1.54) is 42.0 Å². The molecule has 1 heterocycles. The molecule has 2 aromatic carbocycles. The number of sulfonamides is 1. The number of nitrogens with zero attached hydrogens (tertiary/aromatic N) is 1. The van der Waals surface area contributed by atoms with Crippen molar-refractivity contribution in [2.45, 2.75) is 11.4 Å². The van der Waals surface area contributed by atoms with Gasteiger partial charge < -0.3 is 9.47 Å². The zero-order valence-corrected chi connectivity index (χ0v) is 18.9. The number of halogens is 1. The van der Waals surface area contributed by atoms with Gasteiger partial charge in [-0.15, -0.1) is 11.3 Å². The van der Waals surface area contributed by atoms with E-state index in [1.807, 2.05) is 30.3 Å². The fraction of sp³-hybridized carbons (Fsp3) is 0.150. The van der Waals surface area contributed by atoms with E-state index in [1.54, 1.807) is 17.5 Å². The predicted molar refractivity (Wildman–Crippen MR) is 116 cm³/mol. The summed E-state index contributed by atoms with van der Waals surface area (Å²) in [4.78, 5) is 12.4. The Labute approximate surface area is 181 Å². The highest BCUT2D eigenvalue weighted by Crippen LogP contribution is 2.40. The van der Waals surface area contributed by atoms with Crippen LogP contribution in [0.1, 0.15) is 15.9 Å². The first kappa shape index (κ1) is 21.4. The molecule has 9 heteroatoms. The van der Waals surface area contributed by atoms with Crippen molar-refractivity contribution < 1.29 is 22.7 Å². The fourth-order valence-corrected chi connectivity index (χ4v) is 5.85. The average Bonchev–Trinajstić information content (AvgIpc) is 3.13. The van der Waals surface area contributed by atoms with Crippen molar-refractivity contribution in [3.05, 3.63) is 74.9 Å². The minimum atomic E-state index is -3.99. The van der Waals surface area contributed by atoms with Gasteiger partial charge in [-0.05, 0) is 45.8 Å². The Morgan fingerprint density at radius 1 is 1.07 bits per heavy atom. The van der Waals surface area contributed by atoms with Gasteiger partial charge in [-0.1, -0.05) is 30.3 Å². The monoisotopic (exact) mass is 495 g/mol. The van der Waals surface area contributed by atoms with E-state index in [9.17, 15) is 13.2 Å². The lowest BCUT2D eigenvalue weighted by Crippen LogP contribution is -2.31. The van der Waals surface area contributed by atoms with Crippen molar-refractivity contribution in [1.82, 2.24) is 0 Å². The highest BCUT2D eigenvalue weighted by atomic mass is 79.9. The predicted octanol–water partition coefficient (Wildman–Crippen LogP) is 4.70. The molecule has 0 amide bonds.